The zero-order chi connectivity index (χ0) is 55.9. The van der Waals surface area contributed by atoms with Crippen LogP contribution in [-0.4, -0.2) is 4.57 Å². The molecular weight excluding hydrogens is 1010 g/mol. The lowest BCUT2D eigenvalue weighted by molar-refractivity contribution is 0.561. The lowest BCUT2D eigenvalue weighted by atomic mass is 9.55. The summed E-state index contributed by atoms with van der Waals surface area (Å²) in [5, 5.41) is 2.47. The van der Waals surface area contributed by atoms with E-state index >= 15 is 0 Å². The third-order valence-electron chi connectivity index (χ3n) is 18.6. The molecular formula is C82H60N2. The third kappa shape index (κ3) is 7.57. The van der Waals surface area contributed by atoms with E-state index in [1.54, 1.807) is 0 Å². The van der Waals surface area contributed by atoms with E-state index in [2.05, 4.69) is 327 Å². The highest BCUT2D eigenvalue weighted by molar-refractivity contribution is 6.16. The van der Waals surface area contributed by atoms with Crippen LogP contribution >= 0.6 is 0 Å². The number of nitrogens with zero attached hydrogens (tertiary/aromatic N) is 2. The summed E-state index contributed by atoms with van der Waals surface area (Å²) in [6.07, 6.45) is 6.96. The van der Waals surface area contributed by atoms with Crippen LogP contribution in [0.2, 0.25) is 0 Å². The van der Waals surface area contributed by atoms with Crippen LogP contribution in [0.3, 0.4) is 0 Å². The Balaban J connectivity index is 0.874. The summed E-state index contributed by atoms with van der Waals surface area (Å²) in [5.41, 5.74) is 29.3. The minimum atomic E-state index is -0.426. The van der Waals surface area contributed by atoms with Gasteiger partial charge in [0.05, 0.1) is 22.1 Å². The normalized spacial score (nSPS) is 14.3. The van der Waals surface area contributed by atoms with Crippen molar-refractivity contribution in [1.29, 1.82) is 0 Å². The second kappa shape index (κ2) is 19.7. The molecule has 0 aliphatic heterocycles. The van der Waals surface area contributed by atoms with E-state index in [-0.39, 0.29) is 5.41 Å². The molecule has 16 rings (SSSR count). The van der Waals surface area contributed by atoms with Gasteiger partial charge in [-0.3, -0.25) is 0 Å². The quantitative estimate of drug-likeness (QED) is 0.140. The predicted molar refractivity (Wildman–Crippen MR) is 353 cm³/mol. The number of para-hydroxylation sites is 3. The number of hydrogen-bond donors (Lipinski definition) is 0. The standard InChI is InChI=1S/C82H60N2/c1-81(2)72-40-17-19-42-74(72)82(75-43-20-18-41-73(75)81)71-39-16-13-35-67(71)68-52-49-57(54-76(68)82)55-47-50-60(51-48-55)83(77-44-21-14-36-69(77)66-34-12-11-33-65(66)64-32-10-9-31-62(64)56-25-5-3-6-26-56)61-30-23-27-58(53-61)63-38-24-46-79-80(63)70-37-15-22-45-78(70)84(79)59-28-7-4-8-29-59/h3-12,14-34,36-54H,13,35H2,1-2H3. The molecule has 3 aliphatic carbocycles. The van der Waals surface area contributed by atoms with Gasteiger partial charge in [-0.05, 0) is 168 Å². The van der Waals surface area contributed by atoms with Crippen molar-refractivity contribution < 1.29 is 0 Å². The fourth-order valence-electron chi connectivity index (χ4n) is 14.9. The highest BCUT2D eigenvalue weighted by Gasteiger charge is 2.54. The topological polar surface area (TPSA) is 8.17 Å². The monoisotopic (exact) mass is 1070 g/mol. The Hall–Kier alpha value is -10.3. The molecule has 0 radical (unpaired) electrons. The zero-order valence-corrected chi connectivity index (χ0v) is 47.2. The van der Waals surface area contributed by atoms with Crippen molar-refractivity contribution in [3.8, 4) is 61.3 Å². The van der Waals surface area contributed by atoms with Gasteiger partial charge in [0.15, 0.2) is 0 Å². The molecule has 13 aromatic rings. The van der Waals surface area contributed by atoms with Gasteiger partial charge in [0.1, 0.15) is 0 Å². The first-order valence-corrected chi connectivity index (χ1v) is 29.6. The van der Waals surface area contributed by atoms with Crippen molar-refractivity contribution >= 4 is 44.4 Å². The van der Waals surface area contributed by atoms with Crippen LogP contribution in [0, 0.1) is 0 Å². The maximum absolute atomic E-state index is 2.54. The van der Waals surface area contributed by atoms with Gasteiger partial charge in [-0.25, -0.2) is 0 Å². The van der Waals surface area contributed by atoms with E-state index in [1.807, 2.05) is 0 Å². The van der Waals surface area contributed by atoms with E-state index in [0.29, 0.717) is 0 Å². The van der Waals surface area contributed by atoms with Gasteiger partial charge in [-0.2, -0.15) is 0 Å². The van der Waals surface area contributed by atoms with Crippen molar-refractivity contribution in [2.24, 2.45) is 0 Å². The average Bonchev–Trinajstić information content (AvgIpc) is 1.46. The molecule has 0 N–H and O–H groups in total. The molecule has 2 nitrogen and oxygen atoms in total. The van der Waals surface area contributed by atoms with Crippen LogP contribution in [0.1, 0.15) is 60.1 Å². The molecule has 0 bridgehead atoms. The molecule has 12 aromatic carbocycles. The Kier molecular flexibility index (Phi) is 11.6. The Morgan fingerprint density at radius 2 is 0.905 bits per heavy atom. The Morgan fingerprint density at radius 1 is 0.357 bits per heavy atom. The zero-order valence-electron chi connectivity index (χ0n) is 47.2. The first kappa shape index (κ1) is 49.5. The van der Waals surface area contributed by atoms with Crippen molar-refractivity contribution in [3.05, 3.63) is 342 Å². The van der Waals surface area contributed by atoms with E-state index in [9.17, 15) is 0 Å². The van der Waals surface area contributed by atoms with Crippen molar-refractivity contribution in [3.63, 3.8) is 0 Å². The Labute approximate surface area is 492 Å². The van der Waals surface area contributed by atoms with Gasteiger partial charge in [0.2, 0.25) is 0 Å². The van der Waals surface area contributed by atoms with Crippen LogP contribution in [0.4, 0.5) is 17.1 Å². The van der Waals surface area contributed by atoms with Gasteiger partial charge in [0.25, 0.3) is 0 Å². The number of benzene rings is 12. The SMILES string of the molecule is CC1(C)c2ccccc2C2(C3=C(CCC=C3)c3ccc(-c4ccc(N(c5cccc(-c6cccc7c6c6ccccc6n7-c6ccccc6)c5)c5ccccc5-c5ccccc5-c5ccccc5-c5ccccc5)cc4)cc32)c2ccccc21. The lowest BCUT2D eigenvalue weighted by Gasteiger charge is -2.47. The molecule has 3 aliphatic rings. The summed E-state index contributed by atoms with van der Waals surface area (Å²) in [6, 6.07) is 108. The lowest BCUT2D eigenvalue weighted by Crippen LogP contribution is -2.41. The summed E-state index contributed by atoms with van der Waals surface area (Å²) in [7, 11) is 0. The second-order valence-electron chi connectivity index (χ2n) is 23.4. The van der Waals surface area contributed by atoms with E-state index < -0.39 is 5.41 Å². The molecule has 1 aromatic heterocycles. The maximum Gasteiger partial charge on any atom is 0.0716 e. The van der Waals surface area contributed by atoms with Crippen LogP contribution in [0.15, 0.2) is 309 Å². The molecule has 1 spiro atoms. The smallest absolute Gasteiger partial charge is 0.0716 e. The fraction of sp³-hybridized carbons (Fsp3) is 0.0732. The van der Waals surface area contributed by atoms with Crippen LogP contribution in [-0.2, 0) is 10.8 Å². The van der Waals surface area contributed by atoms with Crippen LogP contribution in [0.25, 0.3) is 88.7 Å². The molecule has 0 amide bonds. The van der Waals surface area contributed by atoms with Crippen molar-refractivity contribution in [2.75, 3.05) is 4.90 Å². The van der Waals surface area contributed by atoms with Gasteiger partial charge in [-0.1, -0.05) is 257 Å². The molecule has 1 heterocycles. The summed E-state index contributed by atoms with van der Waals surface area (Å²) < 4.78 is 2.41. The minimum Gasteiger partial charge on any atom is -0.310 e. The summed E-state index contributed by atoms with van der Waals surface area (Å²) in [4.78, 5) is 2.48. The Bertz CT molecular complexity index is 4750. The highest BCUT2D eigenvalue weighted by Crippen LogP contribution is 2.63. The molecule has 0 saturated carbocycles. The molecule has 84 heavy (non-hydrogen) atoms. The molecule has 0 atom stereocenters. The summed E-state index contributed by atoms with van der Waals surface area (Å²) in [5.74, 6) is 0. The number of allylic oxidation sites excluding steroid dienone is 4. The molecule has 398 valence electrons. The highest BCUT2D eigenvalue weighted by atomic mass is 15.1. The van der Waals surface area contributed by atoms with Crippen LogP contribution in [0.5, 0.6) is 0 Å². The predicted octanol–water partition coefficient (Wildman–Crippen LogP) is 21.7. The second-order valence-corrected chi connectivity index (χ2v) is 23.4. The fourth-order valence-corrected chi connectivity index (χ4v) is 14.9. The number of fused-ring (bicyclic) bond motifs is 11. The Morgan fingerprint density at radius 3 is 1.64 bits per heavy atom. The minimum absolute atomic E-state index is 0.150. The number of hydrogen-bond acceptors (Lipinski definition) is 1. The maximum atomic E-state index is 2.54. The molecule has 0 saturated heterocycles. The van der Waals surface area contributed by atoms with Crippen molar-refractivity contribution in [1.82, 2.24) is 4.57 Å². The van der Waals surface area contributed by atoms with Crippen molar-refractivity contribution in [2.45, 2.75) is 37.5 Å². The van der Waals surface area contributed by atoms with E-state index in [4.69, 9.17) is 0 Å². The number of aromatic nitrogens is 1. The first-order chi connectivity index (χ1) is 41.5. The molecule has 0 fully saturated rings. The van der Waals surface area contributed by atoms with Gasteiger partial charge in [0, 0.05) is 38.8 Å². The van der Waals surface area contributed by atoms with E-state index in [0.717, 1.165) is 46.7 Å². The average molecular weight is 1070 g/mol. The summed E-state index contributed by atoms with van der Waals surface area (Å²) >= 11 is 0. The molecule has 0 unspecified atom stereocenters. The number of anilines is 3. The van der Waals surface area contributed by atoms with E-state index in [1.165, 1.54) is 111 Å². The van der Waals surface area contributed by atoms with Crippen LogP contribution < -0.4 is 4.90 Å². The van der Waals surface area contributed by atoms with Gasteiger partial charge in [-0.15, -0.1) is 0 Å². The third-order valence-corrected chi connectivity index (χ3v) is 18.6. The van der Waals surface area contributed by atoms with Gasteiger partial charge >= 0.3 is 0 Å². The molecule has 2 heteroatoms. The first-order valence-electron chi connectivity index (χ1n) is 29.6. The van der Waals surface area contributed by atoms with Gasteiger partial charge < -0.3 is 9.47 Å². The number of rotatable bonds is 9. The summed E-state index contributed by atoms with van der Waals surface area (Å²) in [6.45, 7) is 4.82. The largest absolute Gasteiger partial charge is 0.310 e.